The van der Waals surface area contributed by atoms with Gasteiger partial charge in [-0.3, -0.25) is 9.59 Å². The molecule has 6 nitrogen and oxygen atoms in total. The molecule has 1 aromatic heterocycles. The van der Waals surface area contributed by atoms with E-state index >= 15 is 0 Å². The molecular weight excluding hydrogens is 352 g/mol. The van der Waals surface area contributed by atoms with Gasteiger partial charge in [-0.15, -0.1) is 11.3 Å². The molecule has 2 aromatic rings. The number of carbonyl (C=O) groups excluding carboxylic acids is 2. The summed E-state index contributed by atoms with van der Waals surface area (Å²) in [5.74, 6) is 0.157. The third-order valence-corrected chi connectivity index (χ3v) is 4.38. The molecule has 0 saturated carbocycles. The lowest BCUT2D eigenvalue weighted by atomic mass is 10.1. The predicted molar refractivity (Wildman–Crippen MR) is 100 cm³/mol. The maximum Gasteiger partial charge on any atom is 0.325 e. The molecule has 0 aliphatic carbocycles. The second-order valence-electron chi connectivity index (χ2n) is 6.33. The van der Waals surface area contributed by atoms with Gasteiger partial charge in [-0.1, -0.05) is 19.9 Å². The summed E-state index contributed by atoms with van der Waals surface area (Å²) < 4.78 is 10.4. The molecule has 0 aliphatic rings. The summed E-state index contributed by atoms with van der Waals surface area (Å²) in [6.07, 6.45) is 0. The van der Waals surface area contributed by atoms with E-state index in [9.17, 15) is 9.59 Å². The Balaban J connectivity index is 2.09. The van der Waals surface area contributed by atoms with E-state index in [2.05, 4.69) is 4.98 Å². The van der Waals surface area contributed by atoms with Gasteiger partial charge < -0.3 is 14.4 Å². The van der Waals surface area contributed by atoms with Crippen LogP contribution in [0.15, 0.2) is 29.6 Å². The molecule has 2 rings (SSSR count). The maximum absolute atomic E-state index is 12.8. The molecule has 0 unspecified atom stereocenters. The Morgan fingerprint density at radius 3 is 2.69 bits per heavy atom. The fourth-order valence-corrected chi connectivity index (χ4v) is 3.01. The van der Waals surface area contributed by atoms with Crippen LogP contribution in [0.3, 0.4) is 0 Å². The lowest BCUT2D eigenvalue weighted by Crippen LogP contribution is -2.38. The lowest BCUT2D eigenvalue weighted by Gasteiger charge is -2.23. The molecule has 0 aliphatic heterocycles. The van der Waals surface area contributed by atoms with Gasteiger partial charge in [-0.25, -0.2) is 4.98 Å². The van der Waals surface area contributed by atoms with Crippen molar-refractivity contribution in [2.24, 2.45) is 5.92 Å². The number of rotatable bonds is 8. The van der Waals surface area contributed by atoms with Crippen molar-refractivity contribution < 1.29 is 19.1 Å². The highest BCUT2D eigenvalue weighted by Crippen LogP contribution is 2.18. The molecular formula is C19H24N2O4S. The average molecular weight is 376 g/mol. The summed E-state index contributed by atoms with van der Waals surface area (Å²) in [5.41, 5.74) is 1.33. The summed E-state index contributed by atoms with van der Waals surface area (Å²) >= 11 is 1.57. The minimum absolute atomic E-state index is 0.0727. The van der Waals surface area contributed by atoms with E-state index in [1.807, 2.05) is 26.2 Å². The van der Waals surface area contributed by atoms with Crippen molar-refractivity contribution in [2.75, 3.05) is 20.2 Å². The Labute approximate surface area is 157 Å². The van der Waals surface area contributed by atoms with E-state index in [0.29, 0.717) is 24.5 Å². The van der Waals surface area contributed by atoms with Crippen LogP contribution < -0.4 is 4.74 Å². The normalized spacial score (nSPS) is 10.7. The van der Waals surface area contributed by atoms with Crippen LogP contribution in [0.5, 0.6) is 5.75 Å². The number of hydrogen-bond acceptors (Lipinski definition) is 6. The van der Waals surface area contributed by atoms with Gasteiger partial charge in [-0.05, 0) is 31.0 Å². The third-order valence-electron chi connectivity index (χ3n) is 3.55. The topological polar surface area (TPSA) is 68.7 Å². The maximum atomic E-state index is 12.8. The number of aromatic nitrogens is 1. The van der Waals surface area contributed by atoms with Gasteiger partial charge in [0.25, 0.3) is 5.91 Å². The van der Waals surface area contributed by atoms with E-state index in [-0.39, 0.29) is 18.4 Å². The number of aryl methyl sites for hydroxylation is 1. The van der Waals surface area contributed by atoms with Crippen LogP contribution in [0.2, 0.25) is 0 Å². The Morgan fingerprint density at radius 1 is 1.31 bits per heavy atom. The van der Waals surface area contributed by atoms with Gasteiger partial charge in [0, 0.05) is 17.5 Å². The molecule has 0 saturated heterocycles. The lowest BCUT2D eigenvalue weighted by molar-refractivity contribution is -0.141. The molecule has 0 atom stereocenters. The minimum atomic E-state index is -0.440. The fourth-order valence-electron chi connectivity index (χ4n) is 2.41. The first kappa shape index (κ1) is 19.9. The van der Waals surface area contributed by atoms with Crippen LogP contribution in [0.1, 0.15) is 34.9 Å². The van der Waals surface area contributed by atoms with E-state index in [4.69, 9.17) is 9.47 Å². The number of methoxy groups -OCH3 is 1. The van der Waals surface area contributed by atoms with Crippen molar-refractivity contribution in [3.05, 3.63) is 45.9 Å². The highest BCUT2D eigenvalue weighted by molar-refractivity contribution is 7.09. The van der Waals surface area contributed by atoms with Gasteiger partial charge in [0.1, 0.15) is 18.9 Å². The van der Waals surface area contributed by atoms with Gasteiger partial charge in [0.05, 0.1) is 17.8 Å². The monoisotopic (exact) mass is 376 g/mol. The molecule has 0 radical (unpaired) electrons. The summed E-state index contributed by atoms with van der Waals surface area (Å²) in [6, 6.07) is 6.96. The highest BCUT2D eigenvalue weighted by Gasteiger charge is 2.20. The molecule has 0 fully saturated rings. The average Bonchev–Trinajstić information content (AvgIpc) is 3.04. The SMILES string of the molecule is COC(=O)CN(CC(C)C)C(=O)c1cccc(OCc2csc(C)n2)c1. The number of carbonyl (C=O) groups is 2. The summed E-state index contributed by atoms with van der Waals surface area (Å²) in [4.78, 5) is 30.3. The Kier molecular flexibility index (Phi) is 7.15. The van der Waals surface area contributed by atoms with Crippen LogP contribution in [-0.4, -0.2) is 42.0 Å². The van der Waals surface area contributed by atoms with Crippen molar-refractivity contribution in [3.8, 4) is 5.75 Å². The van der Waals surface area contributed by atoms with Gasteiger partial charge in [-0.2, -0.15) is 0 Å². The number of benzene rings is 1. The van der Waals surface area contributed by atoms with Crippen molar-refractivity contribution in [3.63, 3.8) is 0 Å². The van der Waals surface area contributed by atoms with Crippen LogP contribution in [0.4, 0.5) is 0 Å². The first-order valence-electron chi connectivity index (χ1n) is 8.39. The van der Waals surface area contributed by atoms with E-state index in [0.717, 1.165) is 10.7 Å². The van der Waals surface area contributed by atoms with Crippen molar-refractivity contribution in [1.82, 2.24) is 9.88 Å². The van der Waals surface area contributed by atoms with Gasteiger partial charge in [0.2, 0.25) is 0 Å². The number of nitrogens with zero attached hydrogens (tertiary/aromatic N) is 2. The Morgan fingerprint density at radius 2 is 2.08 bits per heavy atom. The number of esters is 1. The van der Waals surface area contributed by atoms with Gasteiger partial charge >= 0.3 is 5.97 Å². The molecule has 0 spiro atoms. The first-order valence-corrected chi connectivity index (χ1v) is 9.27. The van der Waals surface area contributed by atoms with Crippen LogP contribution in [0, 0.1) is 12.8 Å². The zero-order valence-corrected chi connectivity index (χ0v) is 16.3. The molecule has 26 heavy (non-hydrogen) atoms. The molecule has 140 valence electrons. The zero-order valence-electron chi connectivity index (χ0n) is 15.5. The molecule has 0 bridgehead atoms. The summed E-state index contributed by atoms with van der Waals surface area (Å²) in [7, 11) is 1.31. The second kappa shape index (κ2) is 9.33. The van der Waals surface area contributed by atoms with Crippen molar-refractivity contribution >= 4 is 23.2 Å². The van der Waals surface area contributed by atoms with Crippen LogP contribution in [-0.2, 0) is 16.1 Å². The number of ether oxygens (including phenoxy) is 2. The Bertz CT molecular complexity index is 758. The van der Waals surface area contributed by atoms with E-state index in [1.165, 1.54) is 12.0 Å². The minimum Gasteiger partial charge on any atom is -0.487 e. The molecule has 1 amide bonds. The number of amides is 1. The standard InChI is InChI=1S/C19H24N2O4S/c1-13(2)9-21(10-18(22)24-4)19(23)15-6-5-7-17(8-15)25-11-16-12-26-14(3)20-16/h5-8,12-13H,9-11H2,1-4H3. The molecule has 7 heteroatoms. The Hall–Kier alpha value is -2.41. The highest BCUT2D eigenvalue weighted by atomic mass is 32.1. The smallest absolute Gasteiger partial charge is 0.325 e. The third kappa shape index (κ3) is 5.84. The quantitative estimate of drug-likeness (QED) is 0.661. The van der Waals surface area contributed by atoms with E-state index < -0.39 is 5.97 Å². The van der Waals surface area contributed by atoms with E-state index in [1.54, 1.807) is 35.6 Å². The second-order valence-corrected chi connectivity index (χ2v) is 7.39. The predicted octanol–water partition coefficient (Wildman–Crippen LogP) is 3.30. The summed E-state index contributed by atoms with van der Waals surface area (Å²) in [6.45, 7) is 6.67. The fraction of sp³-hybridized carbons (Fsp3) is 0.421. The zero-order chi connectivity index (χ0) is 19.1. The largest absolute Gasteiger partial charge is 0.487 e. The molecule has 1 heterocycles. The van der Waals surface area contributed by atoms with Gasteiger partial charge in [0.15, 0.2) is 0 Å². The summed E-state index contributed by atoms with van der Waals surface area (Å²) in [5, 5.41) is 2.94. The number of hydrogen-bond donors (Lipinski definition) is 0. The van der Waals surface area contributed by atoms with Crippen LogP contribution >= 0.6 is 11.3 Å². The van der Waals surface area contributed by atoms with Crippen LogP contribution in [0.25, 0.3) is 0 Å². The number of thiazole rings is 1. The first-order chi connectivity index (χ1) is 12.4. The van der Waals surface area contributed by atoms with Crippen molar-refractivity contribution in [1.29, 1.82) is 0 Å². The molecule has 0 N–H and O–H groups in total. The van der Waals surface area contributed by atoms with Crippen molar-refractivity contribution in [2.45, 2.75) is 27.4 Å². The molecule has 1 aromatic carbocycles.